The van der Waals surface area contributed by atoms with E-state index in [9.17, 15) is 36.8 Å². The third-order valence-electron chi connectivity index (χ3n) is 6.86. The van der Waals surface area contributed by atoms with Crippen LogP contribution in [0.2, 0.25) is 5.15 Å². The number of hydrogen-bond acceptors (Lipinski definition) is 6. The van der Waals surface area contributed by atoms with Crippen molar-refractivity contribution in [1.29, 1.82) is 5.26 Å². The quantitative estimate of drug-likeness (QED) is 0.490. The highest BCUT2D eigenvalue weighted by Gasteiger charge is 2.54. The molecule has 10 nitrogen and oxygen atoms in total. The molecule has 2 heterocycles. The molecule has 15 heteroatoms. The summed E-state index contributed by atoms with van der Waals surface area (Å²) >= 11 is 6.14. The van der Waals surface area contributed by atoms with Crippen molar-refractivity contribution >= 4 is 39.1 Å². The van der Waals surface area contributed by atoms with Gasteiger partial charge in [0.2, 0.25) is 0 Å². The topological polar surface area (TPSA) is 129 Å². The van der Waals surface area contributed by atoms with Crippen LogP contribution in [0.25, 0.3) is 0 Å². The van der Waals surface area contributed by atoms with E-state index in [2.05, 4.69) is 11.2 Å². The second-order valence-electron chi connectivity index (χ2n) is 9.84. The fraction of sp³-hybridized carbons (Fsp3) is 0.522. The van der Waals surface area contributed by atoms with E-state index in [1.54, 1.807) is 6.92 Å². The summed E-state index contributed by atoms with van der Waals surface area (Å²) in [5.41, 5.74) is -4.05. The van der Waals surface area contributed by atoms with Crippen LogP contribution in [-0.4, -0.2) is 53.8 Å². The summed E-state index contributed by atoms with van der Waals surface area (Å²) in [5.74, 6) is 0.0106. The number of ether oxygens (including phenoxy) is 1. The Labute approximate surface area is 222 Å². The zero-order valence-electron chi connectivity index (χ0n) is 20.7. The molecule has 0 saturated heterocycles. The maximum absolute atomic E-state index is 13.8. The van der Waals surface area contributed by atoms with Gasteiger partial charge in [-0.1, -0.05) is 11.6 Å². The predicted molar refractivity (Wildman–Crippen MR) is 131 cm³/mol. The summed E-state index contributed by atoms with van der Waals surface area (Å²) in [6.45, 7) is 3.19. The number of anilines is 2. The van der Waals surface area contributed by atoms with Gasteiger partial charge >= 0.3 is 12.3 Å². The molecule has 206 valence electrons. The minimum Gasteiger partial charge on any atom is -0.486 e. The summed E-state index contributed by atoms with van der Waals surface area (Å²) in [7, 11) is -4.43. The standard InChI is InChI=1S/C23H25ClF3N5O5S/c1-4-30-12-18(19(24)29-30)38(35,36)31-11-15(10-22(13-28)7-8-22)37-17-6-5-14(9-16(17)31)32(20(33)34)21(2,3)23(25,26)27/h5-6,9,12,15H,4,7-8,10-11H2,1-3H3,(H,33,34)/t15-/m0/s1. The molecule has 4 rings (SSSR count). The first-order valence-corrected chi connectivity index (χ1v) is 13.5. The number of amides is 1. The van der Waals surface area contributed by atoms with Crippen LogP contribution in [-0.2, 0) is 16.6 Å². The Hall–Kier alpha value is -3.18. The Morgan fingerprint density at radius 1 is 1.37 bits per heavy atom. The number of nitriles is 1. The number of halogens is 4. The molecule has 1 N–H and O–H groups in total. The van der Waals surface area contributed by atoms with Gasteiger partial charge in [0, 0.05) is 19.2 Å². The summed E-state index contributed by atoms with van der Waals surface area (Å²) < 4.78 is 77.3. The van der Waals surface area contributed by atoms with E-state index >= 15 is 0 Å². The van der Waals surface area contributed by atoms with E-state index < -0.39 is 45.0 Å². The number of fused-ring (bicyclic) bond motifs is 1. The average molecular weight is 576 g/mol. The number of aryl methyl sites for hydroxylation is 1. The number of nitrogens with zero attached hydrogens (tertiary/aromatic N) is 5. The van der Waals surface area contributed by atoms with Crippen LogP contribution in [0.4, 0.5) is 29.3 Å². The summed E-state index contributed by atoms with van der Waals surface area (Å²) in [5, 5.41) is 22.9. The molecule has 1 aromatic carbocycles. The fourth-order valence-electron chi connectivity index (χ4n) is 4.35. The van der Waals surface area contributed by atoms with Crippen LogP contribution in [0.3, 0.4) is 0 Å². The van der Waals surface area contributed by atoms with Crippen molar-refractivity contribution in [2.24, 2.45) is 5.41 Å². The number of hydrogen-bond donors (Lipinski definition) is 1. The SMILES string of the molecule is CCn1cc(S(=O)(=O)N2C[C@H](CC3(C#N)CC3)Oc3ccc(N(C(=O)O)C(C)(C)C(F)(F)F)cc32)c(Cl)n1. The summed E-state index contributed by atoms with van der Waals surface area (Å²) in [6.07, 6.45) is -4.82. The summed E-state index contributed by atoms with van der Waals surface area (Å²) in [6, 6.07) is 5.61. The first-order valence-electron chi connectivity index (χ1n) is 11.6. The number of aromatic nitrogens is 2. The van der Waals surface area contributed by atoms with Crippen molar-refractivity contribution in [3.05, 3.63) is 29.5 Å². The lowest BCUT2D eigenvalue weighted by Crippen LogP contribution is -2.57. The lowest BCUT2D eigenvalue weighted by atomic mass is 9.99. The van der Waals surface area contributed by atoms with Crippen molar-refractivity contribution in [2.45, 2.75) is 69.3 Å². The van der Waals surface area contributed by atoms with E-state index in [-0.39, 0.29) is 39.4 Å². The van der Waals surface area contributed by atoms with Crippen LogP contribution in [0.1, 0.15) is 40.0 Å². The summed E-state index contributed by atoms with van der Waals surface area (Å²) in [4.78, 5) is 11.8. The normalized spacial score (nSPS) is 18.8. The molecule has 1 amide bonds. The van der Waals surface area contributed by atoms with Gasteiger partial charge in [0.15, 0.2) is 5.15 Å². The Morgan fingerprint density at radius 3 is 2.53 bits per heavy atom. The second-order valence-corrected chi connectivity index (χ2v) is 12.0. The van der Waals surface area contributed by atoms with Crippen molar-refractivity contribution in [3.63, 3.8) is 0 Å². The minimum absolute atomic E-state index is 0.0106. The molecule has 1 fully saturated rings. The molecule has 38 heavy (non-hydrogen) atoms. The largest absolute Gasteiger partial charge is 0.486 e. The van der Waals surface area contributed by atoms with Crippen molar-refractivity contribution in [2.75, 3.05) is 15.7 Å². The molecule has 1 aliphatic carbocycles. The fourth-order valence-corrected chi connectivity index (χ4v) is 6.30. The Kier molecular flexibility index (Phi) is 6.76. The highest BCUT2D eigenvalue weighted by molar-refractivity contribution is 7.93. The van der Waals surface area contributed by atoms with Gasteiger partial charge in [-0.05, 0) is 51.8 Å². The van der Waals surface area contributed by atoms with E-state index in [1.165, 1.54) is 16.9 Å². The number of rotatable bonds is 7. The smallest absolute Gasteiger partial charge is 0.412 e. The highest BCUT2D eigenvalue weighted by Crippen LogP contribution is 2.51. The number of carboxylic acid groups (broad SMARTS) is 1. The Bertz CT molecular complexity index is 1420. The molecule has 0 spiro atoms. The number of benzene rings is 1. The second kappa shape index (κ2) is 9.23. The van der Waals surface area contributed by atoms with Crippen LogP contribution >= 0.6 is 11.6 Å². The zero-order valence-corrected chi connectivity index (χ0v) is 22.2. The number of alkyl halides is 3. The van der Waals surface area contributed by atoms with Gasteiger partial charge in [0.25, 0.3) is 10.0 Å². The van der Waals surface area contributed by atoms with E-state index in [0.717, 1.165) is 16.4 Å². The van der Waals surface area contributed by atoms with Gasteiger partial charge in [-0.25, -0.2) is 13.2 Å². The monoisotopic (exact) mass is 575 g/mol. The lowest BCUT2D eigenvalue weighted by molar-refractivity contribution is -0.175. The maximum Gasteiger partial charge on any atom is 0.412 e. The Morgan fingerprint density at radius 2 is 2.03 bits per heavy atom. The van der Waals surface area contributed by atoms with Gasteiger partial charge in [-0.2, -0.15) is 23.5 Å². The van der Waals surface area contributed by atoms with E-state index in [0.29, 0.717) is 33.2 Å². The first-order chi connectivity index (χ1) is 17.6. The highest BCUT2D eigenvalue weighted by atomic mass is 35.5. The van der Waals surface area contributed by atoms with E-state index in [4.69, 9.17) is 16.3 Å². The molecule has 1 saturated carbocycles. The Balaban J connectivity index is 1.85. The number of sulfonamides is 1. The van der Waals surface area contributed by atoms with Gasteiger partial charge in [-0.15, -0.1) is 0 Å². The molecule has 0 radical (unpaired) electrons. The third-order valence-corrected chi connectivity index (χ3v) is 9.04. The molecule has 1 atom stereocenters. The lowest BCUT2D eigenvalue weighted by Gasteiger charge is -2.40. The van der Waals surface area contributed by atoms with Gasteiger partial charge in [0.05, 0.1) is 29.4 Å². The molecule has 2 aromatic rings. The van der Waals surface area contributed by atoms with Crippen LogP contribution in [0.5, 0.6) is 5.75 Å². The van der Waals surface area contributed by atoms with Crippen LogP contribution in [0, 0.1) is 16.7 Å². The van der Waals surface area contributed by atoms with Crippen molar-refractivity contribution in [1.82, 2.24) is 9.78 Å². The third kappa shape index (κ3) is 4.73. The van der Waals surface area contributed by atoms with Crippen molar-refractivity contribution < 1.29 is 36.2 Å². The van der Waals surface area contributed by atoms with Crippen LogP contribution in [0.15, 0.2) is 29.3 Å². The maximum atomic E-state index is 13.8. The van der Waals surface area contributed by atoms with E-state index in [1.807, 2.05) is 0 Å². The minimum atomic E-state index is -4.94. The molecule has 0 unspecified atom stereocenters. The molecular formula is C23H25ClF3N5O5S. The average Bonchev–Trinajstić information content (AvgIpc) is 3.48. The molecule has 1 aromatic heterocycles. The molecular weight excluding hydrogens is 551 g/mol. The van der Waals surface area contributed by atoms with Crippen LogP contribution < -0.4 is 13.9 Å². The first kappa shape index (κ1) is 27.8. The van der Waals surface area contributed by atoms with Gasteiger partial charge < -0.3 is 9.84 Å². The predicted octanol–water partition coefficient (Wildman–Crippen LogP) is 5.03. The van der Waals surface area contributed by atoms with Crippen molar-refractivity contribution in [3.8, 4) is 11.8 Å². The zero-order chi connectivity index (χ0) is 28.3. The molecule has 0 bridgehead atoms. The van der Waals surface area contributed by atoms with Gasteiger partial charge in [0.1, 0.15) is 22.3 Å². The molecule has 1 aliphatic heterocycles. The number of carbonyl (C=O) groups is 1. The van der Waals surface area contributed by atoms with Gasteiger partial charge in [-0.3, -0.25) is 13.9 Å². The molecule has 2 aliphatic rings.